The van der Waals surface area contributed by atoms with Gasteiger partial charge in [-0.05, 0) is 35.4 Å². The maximum absolute atomic E-state index is 12.7. The second-order valence-electron chi connectivity index (χ2n) is 6.01. The number of benzene rings is 2. The monoisotopic (exact) mass is 343 g/mol. The van der Waals surface area contributed by atoms with Gasteiger partial charge in [-0.15, -0.1) is 0 Å². The van der Waals surface area contributed by atoms with E-state index < -0.39 is 0 Å². The summed E-state index contributed by atoms with van der Waals surface area (Å²) in [6.07, 6.45) is 4.56. The average Bonchev–Trinajstić information content (AvgIpc) is 3.22. The van der Waals surface area contributed by atoms with E-state index in [9.17, 15) is 4.79 Å². The second-order valence-corrected chi connectivity index (χ2v) is 6.01. The summed E-state index contributed by atoms with van der Waals surface area (Å²) in [5, 5.41) is 9.40. The number of nitrogens with zero attached hydrogens (tertiary/aromatic N) is 4. The van der Waals surface area contributed by atoms with Crippen LogP contribution in [0.2, 0.25) is 0 Å². The summed E-state index contributed by atoms with van der Waals surface area (Å²) >= 11 is 0. The van der Waals surface area contributed by atoms with Crippen molar-refractivity contribution in [1.82, 2.24) is 25.1 Å². The summed E-state index contributed by atoms with van der Waals surface area (Å²) in [5.41, 5.74) is 1.61. The molecule has 1 amide bonds. The summed E-state index contributed by atoms with van der Waals surface area (Å²) in [6.45, 7) is 1.99. The van der Waals surface area contributed by atoms with E-state index in [1.807, 2.05) is 31.2 Å². The van der Waals surface area contributed by atoms with Crippen LogP contribution in [0.1, 0.15) is 28.9 Å². The maximum Gasteiger partial charge on any atom is 0.251 e. The zero-order valence-electron chi connectivity index (χ0n) is 14.2. The van der Waals surface area contributed by atoms with Gasteiger partial charge >= 0.3 is 0 Å². The fourth-order valence-electron chi connectivity index (χ4n) is 3.00. The number of rotatable bonds is 4. The SMILES string of the molecule is CC(NC(=O)c1ccnc(-n2cncn2)c1)c1cccc2ccccc12. The predicted molar refractivity (Wildman–Crippen MR) is 99.0 cm³/mol. The summed E-state index contributed by atoms with van der Waals surface area (Å²) in [7, 11) is 0. The molecule has 4 rings (SSSR count). The minimum atomic E-state index is -0.158. The van der Waals surface area contributed by atoms with E-state index in [2.05, 4.69) is 38.6 Å². The highest BCUT2D eigenvalue weighted by molar-refractivity contribution is 5.95. The Kier molecular flexibility index (Phi) is 4.15. The number of carbonyl (C=O) groups is 1. The summed E-state index contributed by atoms with van der Waals surface area (Å²) in [4.78, 5) is 20.8. The largest absolute Gasteiger partial charge is 0.345 e. The second kappa shape index (κ2) is 6.76. The lowest BCUT2D eigenvalue weighted by Gasteiger charge is -2.17. The van der Waals surface area contributed by atoms with E-state index in [1.165, 1.54) is 11.0 Å². The van der Waals surface area contributed by atoms with E-state index in [4.69, 9.17) is 0 Å². The molecule has 2 aromatic carbocycles. The average molecular weight is 343 g/mol. The lowest BCUT2D eigenvalue weighted by atomic mass is 9.99. The van der Waals surface area contributed by atoms with Gasteiger partial charge in [-0.3, -0.25) is 4.79 Å². The van der Waals surface area contributed by atoms with Crippen LogP contribution in [-0.4, -0.2) is 25.7 Å². The predicted octanol–water partition coefficient (Wildman–Crippen LogP) is 3.31. The first kappa shape index (κ1) is 16.0. The van der Waals surface area contributed by atoms with E-state index >= 15 is 0 Å². The Morgan fingerprint density at radius 1 is 1.12 bits per heavy atom. The van der Waals surface area contributed by atoms with Crippen LogP contribution in [0.5, 0.6) is 0 Å². The Balaban J connectivity index is 1.59. The van der Waals surface area contributed by atoms with Crippen molar-refractivity contribution < 1.29 is 4.79 Å². The molecule has 128 valence electrons. The van der Waals surface area contributed by atoms with Gasteiger partial charge in [-0.2, -0.15) is 5.10 Å². The van der Waals surface area contributed by atoms with Gasteiger partial charge in [0, 0.05) is 11.8 Å². The van der Waals surface area contributed by atoms with E-state index in [0.717, 1.165) is 16.3 Å². The van der Waals surface area contributed by atoms with Gasteiger partial charge in [0.25, 0.3) is 5.91 Å². The Morgan fingerprint density at radius 3 is 2.81 bits per heavy atom. The Bertz CT molecular complexity index is 1050. The lowest BCUT2D eigenvalue weighted by Crippen LogP contribution is -2.27. The first-order chi connectivity index (χ1) is 12.7. The number of pyridine rings is 1. The van der Waals surface area contributed by atoms with Crippen molar-refractivity contribution in [2.75, 3.05) is 0 Å². The third kappa shape index (κ3) is 3.04. The summed E-state index contributed by atoms with van der Waals surface area (Å²) in [6, 6.07) is 17.5. The smallest absolute Gasteiger partial charge is 0.251 e. The first-order valence-corrected chi connectivity index (χ1v) is 8.32. The molecular weight excluding hydrogens is 326 g/mol. The number of hydrogen-bond donors (Lipinski definition) is 1. The first-order valence-electron chi connectivity index (χ1n) is 8.32. The van der Waals surface area contributed by atoms with Crippen LogP contribution >= 0.6 is 0 Å². The van der Waals surface area contributed by atoms with Gasteiger partial charge in [-0.1, -0.05) is 42.5 Å². The lowest BCUT2D eigenvalue weighted by molar-refractivity contribution is 0.0940. The highest BCUT2D eigenvalue weighted by atomic mass is 16.1. The molecule has 1 unspecified atom stereocenters. The molecule has 0 saturated carbocycles. The third-order valence-corrected chi connectivity index (χ3v) is 4.30. The van der Waals surface area contributed by atoms with Crippen LogP contribution in [0.15, 0.2) is 73.4 Å². The molecule has 0 aliphatic rings. The van der Waals surface area contributed by atoms with E-state index in [0.29, 0.717) is 11.4 Å². The molecule has 0 saturated heterocycles. The minimum Gasteiger partial charge on any atom is -0.345 e. The van der Waals surface area contributed by atoms with Gasteiger partial charge in [0.05, 0.1) is 6.04 Å². The van der Waals surface area contributed by atoms with Gasteiger partial charge < -0.3 is 5.32 Å². The third-order valence-electron chi connectivity index (χ3n) is 4.30. The van der Waals surface area contributed by atoms with Gasteiger partial charge in [0.1, 0.15) is 12.7 Å². The molecule has 0 bridgehead atoms. The van der Waals surface area contributed by atoms with Crippen molar-refractivity contribution in [3.05, 3.63) is 84.6 Å². The molecule has 2 heterocycles. The van der Waals surface area contributed by atoms with Crippen molar-refractivity contribution in [1.29, 1.82) is 0 Å². The molecule has 2 aromatic heterocycles. The van der Waals surface area contributed by atoms with Crippen LogP contribution in [0.3, 0.4) is 0 Å². The number of fused-ring (bicyclic) bond motifs is 1. The van der Waals surface area contributed by atoms with Gasteiger partial charge in [0.15, 0.2) is 5.82 Å². The van der Waals surface area contributed by atoms with Gasteiger partial charge in [-0.25, -0.2) is 14.6 Å². The van der Waals surface area contributed by atoms with Crippen LogP contribution in [-0.2, 0) is 0 Å². The molecule has 0 fully saturated rings. The molecule has 1 atom stereocenters. The number of aromatic nitrogens is 4. The number of nitrogens with one attached hydrogen (secondary N) is 1. The molecule has 1 N–H and O–H groups in total. The summed E-state index contributed by atoms with van der Waals surface area (Å²) < 4.78 is 1.52. The Labute approximate surface area is 150 Å². The van der Waals surface area contributed by atoms with Crippen LogP contribution in [0, 0.1) is 0 Å². The zero-order valence-corrected chi connectivity index (χ0v) is 14.2. The number of amides is 1. The van der Waals surface area contributed by atoms with Crippen LogP contribution in [0.4, 0.5) is 0 Å². The quantitative estimate of drug-likeness (QED) is 0.617. The van der Waals surface area contributed by atoms with Crippen LogP contribution in [0.25, 0.3) is 16.6 Å². The fraction of sp³-hybridized carbons (Fsp3) is 0.100. The van der Waals surface area contributed by atoms with Gasteiger partial charge in [0.2, 0.25) is 0 Å². The zero-order chi connectivity index (χ0) is 17.9. The van der Waals surface area contributed by atoms with Crippen molar-refractivity contribution in [3.8, 4) is 5.82 Å². The van der Waals surface area contributed by atoms with Crippen molar-refractivity contribution in [3.63, 3.8) is 0 Å². The number of carbonyl (C=O) groups excluding carboxylic acids is 1. The van der Waals surface area contributed by atoms with Crippen molar-refractivity contribution in [2.24, 2.45) is 0 Å². The summed E-state index contributed by atoms with van der Waals surface area (Å²) in [5.74, 6) is 0.391. The molecule has 6 heteroatoms. The van der Waals surface area contributed by atoms with E-state index in [-0.39, 0.29) is 11.9 Å². The molecule has 4 aromatic rings. The van der Waals surface area contributed by atoms with Crippen LogP contribution < -0.4 is 5.32 Å². The molecular formula is C20H17N5O. The van der Waals surface area contributed by atoms with Crippen molar-refractivity contribution >= 4 is 16.7 Å². The number of hydrogen-bond acceptors (Lipinski definition) is 4. The molecule has 6 nitrogen and oxygen atoms in total. The normalized spacial score (nSPS) is 12.0. The van der Waals surface area contributed by atoms with E-state index in [1.54, 1.807) is 24.7 Å². The fourth-order valence-corrected chi connectivity index (χ4v) is 3.00. The molecule has 0 aliphatic carbocycles. The topological polar surface area (TPSA) is 72.7 Å². The minimum absolute atomic E-state index is 0.128. The Hall–Kier alpha value is -3.54. The molecule has 0 radical (unpaired) electrons. The standard InChI is InChI=1S/C20H17N5O/c1-14(17-8-4-6-15-5-2-3-7-18(15)17)24-20(26)16-9-10-22-19(11-16)25-13-21-12-23-25/h2-14H,1H3,(H,24,26). The molecule has 0 spiro atoms. The molecule has 0 aliphatic heterocycles. The Morgan fingerprint density at radius 2 is 1.96 bits per heavy atom. The van der Waals surface area contributed by atoms with Crippen molar-refractivity contribution in [2.45, 2.75) is 13.0 Å². The highest BCUT2D eigenvalue weighted by Gasteiger charge is 2.14. The molecule has 26 heavy (non-hydrogen) atoms. The highest BCUT2D eigenvalue weighted by Crippen LogP contribution is 2.24. The maximum atomic E-state index is 12.7.